The molecule has 3 nitrogen and oxygen atoms in total. The second kappa shape index (κ2) is 13.9. The average Bonchev–Trinajstić information content (AvgIpc) is 2.95. The van der Waals surface area contributed by atoms with Crippen LogP contribution in [-0.2, 0) is 26.8 Å². The number of benzene rings is 3. The van der Waals surface area contributed by atoms with Crippen LogP contribution in [0.1, 0.15) is 36.0 Å². The van der Waals surface area contributed by atoms with Crippen molar-refractivity contribution < 1.29 is 14.2 Å². The summed E-state index contributed by atoms with van der Waals surface area (Å²) in [4.78, 5) is 0. The zero-order chi connectivity index (χ0) is 25.1. The SMILES string of the molecule is C=C[C@H](C[C@H](CC1(c2ccc(OC)cc2)SCCCS1)OCc1ccccc1)OCc1ccccc1. The van der Waals surface area contributed by atoms with Crippen LogP contribution >= 0.6 is 23.5 Å². The first-order valence-electron chi connectivity index (χ1n) is 12.6. The normalized spacial score (nSPS) is 16.7. The molecular formula is C31H36O3S2. The molecule has 1 fully saturated rings. The molecule has 0 bridgehead atoms. The lowest BCUT2D eigenvalue weighted by Gasteiger charge is -2.39. The quantitative estimate of drug-likeness (QED) is 0.214. The van der Waals surface area contributed by atoms with E-state index in [2.05, 4.69) is 67.2 Å². The molecule has 0 N–H and O–H groups in total. The van der Waals surface area contributed by atoms with Gasteiger partial charge in [0.25, 0.3) is 0 Å². The van der Waals surface area contributed by atoms with Gasteiger partial charge < -0.3 is 14.2 Å². The second-order valence-corrected chi connectivity index (χ2v) is 12.0. The molecule has 0 aromatic heterocycles. The maximum absolute atomic E-state index is 6.63. The Morgan fingerprint density at radius 3 is 1.97 bits per heavy atom. The monoisotopic (exact) mass is 520 g/mol. The third-order valence-corrected chi connectivity index (χ3v) is 9.81. The van der Waals surface area contributed by atoms with E-state index in [4.69, 9.17) is 14.2 Å². The van der Waals surface area contributed by atoms with Crippen LogP contribution in [0.15, 0.2) is 97.6 Å². The molecule has 0 saturated carbocycles. The Kier molecular flexibility index (Phi) is 10.4. The van der Waals surface area contributed by atoms with Gasteiger partial charge in [-0.25, -0.2) is 0 Å². The molecule has 1 aliphatic heterocycles. The van der Waals surface area contributed by atoms with Crippen molar-refractivity contribution in [2.45, 2.75) is 48.8 Å². The Morgan fingerprint density at radius 2 is 1.42 bits per heavy atom. The van der Waals surface area contributed by atoms with Gasteiger partial charge in [0.1, 0.15) is 5.75 Å². The first-order chi connectivity index (χ1) is 17.7. The van der Waals surface area contributed by atoms with Gasteiger partial charge >= 0.3 is 0 Å². The minimum atomic E-state index is -0.0857. The summed E-state index contributed by atoms with van der Waals surface area (Å²) in [6.45, 7) is 5.23. The molecule has 0 radical (unpaired) electrons. The van der Waals surface area contributed by atoms with Gasteiger partial charge in [0.2, 0.25) is 0 Å². The fraction of sp³-hybridized carbons (Fsp3) is 0.355. The van der Waals surface area contributed by atoms with Gasteiger partial charge in [-0.15, -0.1) is 30.1 Å². The first-order valence-corrected chi connectivity index (χ1v) is 14.5. The van der Waals surface area contributed by atoms with Gasteiger partial charge in [-0.3, -0.25) is 0 Å². The van der Waals surface area contributed by atoms with E-state index >= 15 is 0 Å². The van der Waals surface area contributed by atoms with Crippen molar-refractivity contribution in [3.8, 4) is 5.75 Å². The van der Waals surface area contributed by atoms with E-state index in [1.54, 1.807) is 7.11 Å². The number of rotatable bonds is 13. The van der Waals surface area contributed by atoms with Gasteiger partial charge in [0.05, 0.1) is 36.6 Å². The summed E-state index contributed by atoms with van der Waals surface area (Å²) in [6.07, 6.45) is 4.76. The lowest BCUT2D eigenvalue weighted by atomic mass is 10.0. The third kappa shape index (κ3) is 7.66. The molecule has 4 rings (SSSR count). The standard InChI is InChI=1S/C31H36O3S2/c1-3-28(33-23-25-11-6-4-7-12-25)21-30(34-24-26-13-8-5-9-14-26)22-31(35-19-10-20-36-31)27-15-17-29(32-2)18-16-27/h3-9,11-18,28,30H,1,10,19-24H2,2H3/t28-,30-/m1/s1. The summed E-state index contributed by atoms with van der Waals surface area (Å²) in [7, 11) is 1.72. The molecular weight excluding hydrogens is 484 g/mol. The van der Waals surface area contributed by atoms with E-state index in [1.807, 2.05) is 53.9 Å². The molecule has 0 spiro atoms. The van der Waals surface area contributed by atoms with E-state index in [-0.39, 0.29) is 16.3 Å². The smallest absolute Gasteiger partial charge is 0.118 e. The minimum absolute atomic E-state index is 0.0178. The van der Waals surface area contributed by atoms with E-state index in [9.17, 15) is 0 Å². The molecule has 0 aliphatic carbocycles. The van der Waals surface area contributed by atoms with Crippen molar-refractivity contribution in [2.24, 2.45) is 0 Å². The van der Waals surface area contributed by atoms with Crippen molar-refractivity contribution in [2.75, 3.05) is 18.6 Å². The highest BCUT2D eigenvalue weighted by Crippen LogP contribution is 2.54. The van der Waals surface area contributed by atoms with Crippen molar-refractivity contribution in [3.63, 3.8) is 0 Å². The van der Waals surface area contributed by atoms with Crippen LogP contribution in [0.5, 0.6) is 5.75 Å². The average molecular weight is 521 g/mol. The highest BCUT2D eigenvalue weighted by Gasteiger charge is 2.39. The molecule has 1 saturated heterocycles. The zero-order valence-electron chi connectivity index (χ0n) is 21.0. The van der Waals surface area contributed by atoms with Crippen molar-refractivity contribution >= 4 is 23.5 Å². The second-order valence-electron chi connectivity index (χ2n) is 8.96. The summed E-state index contributed by atoms with van der Waals surface area (Å²) in [5.74, 6) is 3.19. The van der Waals surface area contributed by atoms with Gasteiger partial charge in [-0.2, -0.15) is 0 Å². The van der Waals surface area contributed by atoms with Gasteiger partial charge in [-0.05, 0) is 46.7 Å². The summed E-state index contributed by atoms with van der Waals surface area (Å²) in [6, 6.07) is 29.3. The van der Waals surface area contributed by atoms with Crippen molar-refractivity contribution in [3.05, 3.63) is 114 Å². The van der Waals surface area contributed by atoms with E-state index in [1.165, 1.54) is 23.1 Å². The van der Waals surface area contributed by atoms with E-state index in [0.717, 1.165) is 30.1 Å². The van der Waals surface area contributed by atoms with E-state index < -0.39 is 0 Å². The topological polar surface area (TPSA) is 27.7 Å². The molecule has 1 aliphatic rings. The fourth-order valence-electron chi connectivity index (χ4n) is 4.39. The molecule has 190 valence electrons. The minimum Gasteiger partial charge on any atom is -0.497 e. The predicted octanol–water partition coefficient (Wildman–Crippen LogP) is 7.86. The summed E-state index contributed by atoms with van der Waals surface area (Å²) < 4.78 is 18.3. The molecule has 36 heavy (non-hydrogen) atoms. The molecule has 5 heteroatoms. The molecule has 1 heterocycles. The van der Waals surface area contributed by atoms with Crippen LogP contribution in [-0.4, -0.2) is 30.8 Å². The Bertz CT molecular complexity index is 1030. The predicted molar refractivity (Wildman–Crippen MR) is 154 cm³/mol. The summed E-state index contributed by atoms with van der Waals surface area (Å²) >= 11 is 4.10. The zero-order valence-corrected chi connectivity index (χ0v) is 22.6. The molecule has 3 aromatic carbocycles. The maximum atomic E-state index is 6.63. The Hall–Kier alpha value is -2.18. The van der Waals surface area contributed by atoms with Gasteiger partial charge in [-0.1, -0.05) is 78.9 Å². The van der Waals surface area contributed by atoms with Crippen molar-refractivity contribution in [1.29, 1.82) is 0 Å². The number of hydrogen-bond donors (Lipinski definition) is 0. The first kappa shape index (κ1) is 26.9. The van der Waals surface area contributed by atoms with Crippen LogP contribution in [0.2, 0.25) is 0 Å². The molecule has 0 amide bonds. The highest BCUT2D eigenvalue weighted by atomic mass is 32.2. The lowest BCUT2D eigenvalue weighted by molar-refractivity contribution is -0.0175. The Labute approximate surface area is 224 Å². The fourth-order valence-corrected chi connectivity index (χ4v) is 7.86. The lowest BCUT2D eigenvalue weighted by Crippen LogP contribution is -2.32. The Morgan fingerprint density at radius 1 is 0.833 bits per heavy atom. The largest absolute Gasteiger partial charge is 0.497 e. The molecule has 0 unspecified atom stereocenters. The van der Waals surface area contributed by atoms with Crippen LogP contribution in [0.3, 0.4) is 0 Å². The third-order valence-electron chi connectivity index (χ3n) is 6.38. The number of methoxy groups -OCH3 is 1. The maximum Gasteiger partial charge on any atom is 0.118 e. The van der Waals surface area contributed by atoms with Crippen molar-refractivity contribution in [1.82, 2.24) is 0 Å². The highest BCUT2D eigenvalue weighted by molar-refractivity contribution is 8.18. The van der Waals surface area contributed by atoms with Gasteiger partial charge in [0.15, 0.2) is 0 Å². The summed E-state index contributed by atoms with van der Waals surface area (Å²) in [5, 5.41) is 0. The number of ether oxygens (including phenoxy) is 3. The van der Waals surface area contributed by atoms with Crippen LogP contribution in [0.25, 0.3) is 0 Å². The van der Waals surface area contributed by atoms with Crippen LogP contribution < -0.4 is 4.74 Å². The number of hydrogen-bond acceptors (Lipinski definition) is 5. The van der Waals surface area contributed by atoms with Crippen LogP contribution in [0.4, 0.5) is 0 Å². The van der Waals surface area contributed by atoms with E-state index in [0.29, 0.717) is 13.2 Å². The Balaban J connectivity index is 1.52. The summed E-state index contributed by atoms with van der Waals surface area (Å²) in [5.41, 5.74) is 3.68. The molecule has 2 atom stereocenters. The van der Waals surface area contributed by atoms with Gasteiger partial charge in [0, 0.05) is 12.8 Å². The number of thioether (sulfide) groups is 2. The van der Waals surface area contributed by atoms with Crippen LogP contribution in [0, 0.1) is 0 Å². The molecule has 3 aromatic rings.